The molecule has 23 heavy (non-hydrogen) atoms. The Morgan fingerprint density at radius 1 is 1.26 bits per heavy atom. The second kappa shape index (κ2) is 6.20. The average Bonchev–Trinajstić information content (AvgIpc) is 3.36. The van der Waals surface area contributed by atoms with Gasteiger partial charge < -0.3 is 5.32 Å². The van der Waals surface area contributed by atoms with Gasteiger partial charge >= 0.3 is 5.69 Å². The molecule has 1 N–H and O–H groups in total. The largest absolute Gasteiger partial charge is 0.352 e. The van der Waals surface area contributed by atoms with Crippen LogP contribution in [0.15, 0.2) is 39.9 Å². The van der Waals surface area contributed by atoms with Crippen molar-refractivity contribution in [3.8, 4) is 5.69 Å². The van der Waals surface area contributed by atoms with E-state index in [1.54, 1.807) is 24.3 Å². The van der Waals surface area contributed by atoms with Crippen molar-refractivity contribution in [2.75, 3.05) is 0 Å². The summed E-state index contributed by atoms with van der Waals surface area (Å²) in [5, 5.41) is 6.77. The lowest BCUT2D eigenvalue weighted by molar-refractivity contribution is 0.0941. The van der Waals surface area contributed by atoms with E-state index in [-0.39, 0.29) is 18.3 Å². The van der Waals surface area contributed by atoms with Crippen LogP contribution in [-0.4, -0.2) is 26.3 Å². The van der Waals surface area contributed by atoms with Crippen molar-refractivity contribution in [2.24, 2.45) is 0 Å². The second-order valence-corrected chi connectivity index (χ2v) is 5.58. The van der Waals surface area contributed by atoms with Crippen molar-refractivity contribution in [1.29, 1.82) is 0 Å². The van der Waals surface area contributed by atoms with E-state index in [9.17, 15) is 14.4 Å². The van der Waals surface area contributed by atoms with Crippen LogP contribution in [0.3, 0.4) is 0 Å². The van der Waals surface area contributed by atoms with Gasteiger partial charge in [0.2, 0.25) is 5.69 Å². The molecule has 0 spiro atoms. The lowest BCUT2D eigenvalue weighted by Crippen LogP contribution is -2.46. The number of rotatable bonds is 5. The Balaban J connectivity index is 2.15. The van der Waals surface area contributed by atoms with Crippen LogP contribution >= 0.6 is 0 Å². The van der Waals surface area contributed by atoms with Gasteiger partial charge in [-0.15, -0.1) is 0 Å². The van der Waals surface area contributed by atoms with Crippen LogP contribution in [0.4, 0.5) is 0 Å². The van der Waals surface area contributed by atoms with Crippen molar-refractivity contribution in [2.45, 2.75) is 38.8 Å². The van der Waals surface area contributed by atoms with Gasteiger partial charge in [0.25, 0.3) is 11.5 Å². The number of benzene rings is 1. The van der Waals surface area contributed by atoms with Gasteiger partial charge in [-0.1, -0.05) is 25.1 Å². The fourth-order valence-electron chi connectivity index (χ4n) is 2.30. The topological polar surface area (TPSA) is 86.0 Å². The number of hydrogen-bond acceptors (Lipinski definition) is 4. The molecular weight excluding hydrogens is 296 g/mol. The highest BCUT2D eigenvalue weighted by atomic mass is 16.2. The highest BCUT2D eigenvalue weighted by molar-refractivity contribution is 5.92. The van der Waals surface area contributed by atoms with Crippen LogP contribution in [0.25, 0.3) is 5.69 Å². The summed E-state index contributed by atoms with van der Waals surface area (Å²) in [6.45, 7) is 2.11. The van der Waals surface area contributed by atoms with Gasteiger partial charge in [0.15, 0.2) is 0 Å². The molecule has 120 valence electrons. The third-order valence-electron chi connectivity index (χ3n) is 3.64. The van der Waals surface area contributed by atoms with Gasteiger partial charge in [-0.05, 0) is 31.4 Å². The number of para-hydroxylation sites is 1. The molecule has 2 aromatic rings. The minimum atomic E-state index is -0.637. The number of carbonyl (C=O) groups excluding carboxylic acids is 1. The normalized spacial score (nSPS) is 13.8. The Labute approximate surface area is 132 Å². The van der Waals surface area contributed by atoms with E-state index in [2.05, 4.69) is 10.4 Å². The Morgan fingerprint density at radius 2 is 1.96 bits per heavy atom. The smallest absolute Gasteiger partial charge is 0.348 e. The first-order chi connectivity index (χ1) is 11.1. The summed E-state index contributed by atoms with van der Waals surface area (Å²) in [5.41, 5.74) is -0.898. The van der Waals surface area contributed by atoms with Gasteiger partial charge in [-0.25, -0.2) is 4.79 Å². The highest BCUT2D eigenvalue weighted by Crippen LogP contribution is 2.18. The van der Waals surface area contributed by atoms with E-state index in [0.29, 0.717) is 12.1 Å². The van der Waals surface area contributed by atoms with Crippen molar-refractivity contribution >= 4 is 5.91 Å². The molecule has 0 radical (unpaired) electrons. The van der Waals surface area contributed by atoms with E-state index < -0.39 is 17.2 Å². The zero-order valence-corrected chi connectivity index (χ0v) is 12.9. The molecule has 0 aliphatic heterocycles. The van der Waals surface area contributed by atoms with Gasteiger partial charge in [0, 0.05) is 12.6 Å². The van der Waals surface area contributed by atoms with Crippen LogP contribution in [0.1, 0.15) is 36.7 Å². The molecule has 7 nitrogen and oxygen atoms in total. The quantitative estimate of drug-likeness (QED) is 0.880. The third-order valence-corrected chi connectivity index (χ3v) is 3.64. The minimum Gasteiger partial charge on any atom is -0.348 e. The molecule has 1 heterocycles. The van der Waals surface area contributed by atoms with Crippen LogP contribution in [0, 0.1) is 0 Å². The molecule has 7 heteroatoms. The summed E-state index contributed by atoms with van der Waals surface area (Å²) in [5.74, 6) is -0.521. The lowest BCUT2D eigenvalue weighted by atomic mass is 10.3. The molecule has 1 aliphatic rings. The summed E-state index contributed by atoms with van der Waals surface area (Å²) >= 11 is 0. The zero-order chi connectivity index (χ0) is 16.4. The molecule has 3 rings (SSSR count). The molecule has 1 fully saturated rings. The molecular formula is C16H18N4O3. The van der Waals surface area contributed by atoms with E-state index in [1.807, 2.05) is 13.0 Å². The molecule has 1 aliphatic carbocycles. The average molecular weight is 314 g/mol. The fourth-order valence-corrected chi connectivity index (χ4v) is 2.30. The zero-order valence-electron chi connectivity index (χ0n) is 12.9. The van der Waals surface area contributed by atoms with E-state index in [0.717, 1.165) is 22.1 Å². The summed E-state index contributed by atoms with van der Waals surface area (Å²) in [4.78, 5) is 37.2. The number of hydrogen-bond donors (Lipinski definition) is 1. The number of carbonyl (C=O) groups is 1. The van der Waals surface area contributed by atoms with E-state index >= 15 is 0 Å². The molecule has 0 bridgehead atoms. The number of amides is 1. The van der Waals surface area contributed by atoms with Gasteiger partial charge in [-0.3, -0.25) is 14.2 Å². The summed E-state index contributed by atoms with van der Waals surface area (Å²) in [6, 6.07) is 8.87. The Bertz CT molecular complexity index is 835. The standard InChI is InChI=1S/C16H18N4O3/c1-2-10-19-15(22)13(14(21)17-11-8-9-11)18-20(16(19)23)12-6-4-3-5-7-12/h3-7,11H,2,8-10H2,1H3,(H,17,21). The third kappa shape index (κ3) is 3.08. The predicted molar refractivity (Wildman–Crippen MR) is 84.9 cm³/mol. The van der Waals surface area contributed by atoms with Crippen LogP contribution in [-0.2, 0) is 6.54 Å². The van der Waals surface area contributed by atoms with Crippen molar-refractivity contribution < 1.29 is 4.79 Å². The molecule has 1 aromatic carbocycles. The van der Waals surface area contributed by atoms with Crippen molar-refractivity contribution in [3.05, 3.63) is 56.9 Å². The second-order valence-electron chi connectivity index (χ2n) is 5.58. The van der Waals surface area contributed by atoms with Gasteiger partial charge in [0.1, 0.15) is 0 Å². The van der Waals surface area contributed by atoms with Crippen molar-refractivity contribution in [3.63, 3.8) is 0 Å². The summed E-state index contributed by atoms with van der Waals surface area (Å²) in [7, 11) is 0. The molecule has 1 amide bonds. The number of aromatic nitrogens is 3. The highest BCUT2D eigenvalue weighted by Gasteiger charge is 2.27. The van der Waals surface area contributed by atoms with Crippen LogP contribution in [0.2, 0.25) is 0 Å². The Hall–Kier alpha value is -2.70. The van der Waals surface area contributed by atoms with Crippen molar-refractivity contribution in [1.82, 2.24) is 19.7 Å². The van der Waals surface area contributed by atoms with E-state index in [4.69, 9.17) is 0 Å². The maximum atomic E-state index is 12.5. The first-order valence-corrected chi connectivity index (χ1v) is 7.72. The summed E-state index contributed by atoms with van der Waals surface area (Å²) in [6.07, 6.45) is 2.43. The van der Waals surface area contributed by atoms with Crippen LogP contribution in [0.5, 0.6) is 0 Å². The molecule has 0 atom stereocenters. The lowest BCUT2D eigenvalue weighted by Gasteiger charge is -2.11. The molecule has 1 saturated carbocycles. The summed E-state index contributed by atoms with van der Waals surface area (Å²) < 4.78 is 2.18. The molecule has 0 unspecified atom stereocenters. The minimum absolute atomic E-state index is 0.112. The Morgan fingerprint density at radius 3 is 2.57 bits per heavy atom. The molecule has 1 aromatic heterocycles. The predicted octanol–water partition coefficient (Wildman–Crippen LogP) is 0.696. The first-order valence-electron chi connectivity index (χ1n) is 7.72. The van der Waals surface area contributed by atoms with E-state index in [1.165, 1.54) is 0 Å². The fraction of sp³-hybridized carbons (Fsp3) is 0.375. The van der Waals surface area contributed by atoms with Gasteiger partial charge in [-0.2, -0.15) is 9.78 Å². The monoisotopic (exact) mass is 314 g/mol. The maximum absolute atomic E-state index is 12.5. The SMILES string of the molecule is CCCn1c(=O)c(C(=O)NC2CC2)nn(-c2ccccc2)c1=O. The maximum Gasteiger partial charge on any atom is 0.352 e. The van der Waals surface area contributed by atoms with Gasteiger partial charge in [0.05, 0.1) is 5.69 Å². The molecule has 0 saturated heterocycles. The number of nitrogens with one attached hydrogen (secondary N) is 1. The first kappa shape index (κ1) is 15.2. The Kier molecular flexibility index (Phi) is 4.10. The van der Waals surface area contributed by atoms with Crippen LogP contribution < -0.4 is 16.6 Å². The number of nitrogens with zero attached hydrogens (tertiary/aromatic N) is 3.